The van der Waals surface area contributed by atoms with Gasteiger partial charge in [0.2, 0.25) is 0 Å². The number of pyridine rings is 1. The predicted molar refractivity (Wildman–Crippen MR) is 191 cm³/mol. The summed E-state index contributed by atoms with van der Waals surface area (Å²) in [5, 5.41) is 0. The maximum atomic E-state index is 5.30. The van der Waals surface area contributed by atoms with Gasteiger partial charge in [-0.3, -0.25) is 0 Å². The first kappa shape index (κ1) is 29.7. The molecule has 0 saturated carbocycles. The third-order valence-corrected chi connectivity index (χ3v) is 10.2. The molecule has 46 heavy (non-hydrogen) atoms. The summed E-state index contributed by atoms with van der Waals surface area (Å²) in [7, 11) is 0. The van der Waals surface area contributed by atoms with Gasteiger partial charge in [-0.1, -0.05) is 42.5 Å². The van der Waals surface area contributed by atoms with E-state index in [1.807, 2.05) is 0 Å². The number of hydrogen-bond acceptors (Lipinski definition) is 3. The molecule has 0 amide bonds. The smallest absolute Gasteiger partial charge is 0.160 e. The molecule has 7 aromatic rings. The number of aryl methyl sites for hydroxylation is 4. The number of para-hydroxylation sites is 4. The van der Waals surface area contributed by atoms with Gasteiger partial charge in [-0.2, -0.15) is 0 Å². The minimum Gasteiger partial charge on any atom is -0.318 e. The van der Waals surface area contributed by atoms with Crippen LogP contribution in [0.3, 0.4) is 0 Å². The van der Waals surface area contributed by atoms with Crippen LogP contribution in [0.5, 0.6) is 0 Å². The zero-order valence-corrected chi connectivity index (χ0v) is 28.2. The fourth-order valence-corrected chi connectivity index (χ4v) is 6.93. The van der Waals surface area contributed by atoms with Crippen molar-refractivity contribution in [2.75, 3.05) is 0 Å². The molecule has 0 unspecified atom stereocenters. The molecule has 7 rings (SSSR count). The third-order valence-electron chi connectivity index (χ3n) is 10.2. The zero-order chi connectivity index (χ0) is 32.3. The van der Waals surface area contributed by atoms with E-state index in [9.17, 15) is 0 Å². The average Bonchev–Trinajstić information content (AvgIpc) is 3.61. The maximum absolute atomic E-state index is 5.30. The second-order valence-corrected chi connectivity index (χ2v) is 12.9. The van der Waals surface area contributed by atoms with Gasteiger partial charge in [-0.05, 0) is 147 Å². The summed E-state index contributed by atoms with van der Waals surface area (Å²) in [6.45, 7) is 19.2. The van der Waals surface area contributed by atoms with Gasteiger partial charge < -0.3 is 9.13 Å². The topological polar surface area (TPSA) is 48.5 Å². The van der Waals surface area contributed by atoms with Gasteiger partial charge in [0, 0.05) is 0 Å². The quantitative estimate of drug-likeness (QED) is 0.190. The molecule has 0 radical (unpaired) electrons. The van der Waals surface area contributed by atoms with E-state index in [1.54, 1.807) is 0 Å². The average molecular weight is 604 g/mol. The van der Waals surface area contributed by atoms with Crippen LogP contribution in [0.15, 0.2) is 78.9 Å². The first-order chi connectivity index (χ1) is 22.1. The van der Waals surface area contributed by atoms with Crippen molar-refractivity contribution in [3.8, 4) is 23.0 Å². The Labute approximate surface area is 271 Å². The summed E-state index contributed by atoms with van der Waals surface area (Å²) in [6, 6.07) is 27.6. The van der Waals surface area contributed by atoms with Crippen molar-refractivity contribution in [1.29, 1.82) is 0 Å². The van der Waals surface area contributed by atoms with Crippen molar-refractivity contribution in [2.24, 2.45) is 0 Å². The molecule has 3 aromatic heterocycles. The largest absolute Gasteiger partial charge is 0.318 e. The van der Waals surface area contributed by atoms with Crippen molar-refractivity contribution in [3.05, 3.63) is 134 Å². The van der Waals surface area contributed by atoms with Gasteiger partial charge in [-0.25, -0.2) is 15.0 Å². The molecule has 5 nitrogen and oxygen atoms in total. The van der Waals surface area contributed by atoms with Crippen LogP contribution >= 0.6 is 0 Å². The molecule has 230 valence electrons. The van der Waals surface area contributed by atoms with Crippen molar-refractivity contribution in [2.45, 2.75) is 68.5 Å². The number of aromatic nitrogens is 5. The zero-order valence-electron chi connectivity index (χ0n) is 28.2. The van der Waals surface area contributed by atoms with E-state index in [1.165, 1.54) is 55.6 Å². The number of hydrogen-bond donors (Lipinski definition) is 0. The fraction of sp³-hybridized carbons (Fsp3) is 0.244. The van der Waals surface area contributed by atoms with E-state index >= 15 is 0 Å². The van der Waals surface area contributed by atoms with Gasteiger partial charge in [-0.15, -0.1) is 0 Å². The fourth-order valence-electron chi connectivity index (χ4n) is 6.93. The van der Waals surface area contributed by atoms with E-state index in [-0.39, 0.29) is 0 Å². The van der Waals surface area contributed by atoms with Crippen molar-refractivity contribution in [1.82, 2.24) is 24.1 Å². The first-order valence-electron chi connectivity index (χ1n) is 16.1. The lowest BCUT2D eigenvalue weighted by molar-refractivity contribution is 0.809. The summed E-state index contributed by atoms with van der Waals surface area (Å²) in [4.78, 5) is 15.6. The number of nitrogens with zero attached hydrogens (tertiary/aromatic N) is 5. The molecular weight excluding hydrogens is 562 g/mol. The summed E-state index contributed by atoms with van der Waals surface area (Å²) in [5.74, 6) is 1.73. The Morgan fingerprint density at radius 2 is 0.804 bits per heavy atom. The van der Waals surface area contributed by atoms with Crippen LogP contribution in [-0.4, -0.2) is 24.1 Å². The van der Waals surface area contributed by atoms with Crippen LogP contribution in [0.25, 0.3) is 45.1 Å². The molecule has 0 fully saturated rings. The lowest BCUT2D eigenvalue weighted by Gasteiger charge is -2.18. The minimum absolute atomic E-state index is 0.728. The highest BCUT2D eigenvalue weighted by molar-refractivity contribution is 5.82. The highest BCUT2D eigenvalue weighted by Gasteiger charge is 2.21. The second-order valence-electron chi connectivity index (χ2n) is 12.9. The summed E-state index contributed by atoms with van der Waals surface area (Å²) < 4.78 is 4.67. The molecule has 0 atom stereocenters. The lowest BCUT2D eigenvalue weighted by atomic mass is 9.94. The van der Waals surface area contributed by atoms with Crippen molar-refractivity contribution < 1.29 is 0 Å². The summed E-state index contributed by atoms with van der Waals surface area (Å²) in [5.41, 5.74) is 19.1. The Hall–Kier alpha value is -5.03. The molecule has 3 heterocycles. The molecule has 5 heteroatoms. The molecule has 0 saturated heterocycles. The number of rotatable bonds is 6. The lowest BCUT2D eigenvalue weighted by Crippen LogP contribution is -2.09. The van der Waals surface area contributed by atoms with E-state index < -0.39 is 0 Å². The standard InChI is InChI=1S/C41H41N5/c1-24-20-25(2)29(6)32(28(24)5)22-45-38-18-11-9-14-34(38)43-40(45)36-16-13-17-37(42-36)41-44-35-15-10-12-19-39(35)46(41)23-33-30(7)26(3)21-27(4)31(33)8/h9-21H,22-23H2,1-8H3. The molecule has 0 spiro atoms. The molecule has 0 aliphatic carbocycles. The third kappa shape index (κ3) is 4.91. The van der Waals surface area contributed by atoms with Gasteiger partial charge in [0.15, 0.2) is 11.6 Å². The van der Waals surface area contributed by atoms with E-state index in [4.69, 9.17) is 15.0 Å². The van der Waals surface area contributed by atoms with Gasteiger partial charge >= 0.3 is 0 Å². The number of imidazole rings is 2. The van der Waals surface area contributed by atoms with E-state index in [0.29, 0.717) is 0 Å². The summed E-state index contributed by atoms with van der Waals surface area (Å²) in [6.07, 6.45) is 0. The van der Waals surface area contributed by atoms with E-state index in [2.05, 4.69) is 143 Å². The monoisotopic (exact) mass is 603 g/mol. The van der Waals surface area contributed by atoms with Crippen LogP contribution in [0, 0.1) is 55.4 Å². The van der Waals surface area contributed by atoms with Crippen molar-refractivity contribution in [3.63, 3.8) is 0 Å². The minimum atomic E-state index is 0.728. The molecule has 0 aliphatic rings. The normalized spacial score (nSPS) is 11.7. The molecule has 0 N–H and O–H groups in total. The number of fused-ring (bicyclic) bond motifs is 2. The Balaban J connectivity index is 1.40. The Bertz CT molecular complexity index is 2090. The van der Waals surface area contributed by atoms with Crippen LogP contribution in [0.1, 0.15) is 55.6 Å². The van der Waals surface area contributed by atoms with Crippen molar-refractivity contribution >= 4 is 22.1 Å². The second kappa shape index (κ2) is 11.4. The van der Waals surface area contributed by atoms with Crippen LogP contribution < -0.4 is 0 Å². The van der Waals surface area contributed by atoms with E-state index in [0.717, 1.165) is 58.2 Å². The molecule has 4 aromatic carbocycles. The van der Waals surface area contributed by atoms with Crippen LogP contribution in [-0.2, 0) is 13.1 Å². The highest BCUT2D eigenvalue weighted by atomic mass is 15.1. The molecule has 0 bridgehead atoms. The molecule has 0 aliphatic heterocycles. The van der Waals surface area contributed by atoms with Gasteiger partial charge in [0.05, 0.1) is 35.2 Å². The summed E-state index contributed by atoms with van der Waals surface area (Å²) >= 11 is 0. The highest BCUT2D eigenvalue weighted by Crippen LogP contribution is 2.32. The van der Waals surface area contributed by atoms with Crippen LogP contribution in [0.4, 0.5) is 0 Å². The Morgan fingerprint density at radius 1 is 0.435 bits per heavy atom. The first-order valence-corrected chi connectivity index (χ1v) is 16.1. The van der Waals surface area contributed by atoms with Gasteiger partial charge in [0.25, 0.3) is 0 Å². The number of benzene rings is 4. The Kier molecular flexibility index (Phi) is 7.35. The predicted octanol–water partition coefficient (Wildman–Crippen LogP) is 9.68. The Morgan fingerprint density at radius 3 is 1.20 bits per heavy atom. The van der Waals surface area contributed by atoms with Gasteiger partial charge in [0.1, 0.15) is 11.4 Å². The maximum Gasteiger partial charge on any atom is 0.160 e. The SMILES string of the molecule is Cc1cc(C)c(C)c(Cn2c(-c3cccc(-c4nc5ccccc5n4Cc4c(C)c(C)cc(C)c4C)n3)nc3ccccc32)c1C. The van der Waals surface area contributed by atoms with Crippen LogP contribution in [0.2, 0.25) is 0 Å². The molecular formula is C41H41N5.